The summed E-state index contributed by atoms with van der Waals surface area (Å²) in [5.74, 6) is 8.24. The maximum absolute atomic E-state index is 5.53. The number of aromatic nitrogens is 2. The third-order valence-electron chi connectivity index (χ3n) is 4.18. The molecule has 1 aliphatic rings. The third kappa shape index (κ3) is 3.83. The van der Waals surface area contributed by atoms with Crippen molar-refractivity contribution in [2.75, 3.05) is 37.0 Å². The van der Waals surface area contributed by atoms with Crippen LogP contribution in [0.3, 0.4) is 0 Å². The normalized spacial score (nSPS) is 19.2. The molecule has 0 amide bonds. The number of hydrogen-bond acceptors (Lipinski definition) is 6. The SMILES string of the molecule is CCN1CCCC1CN(C)c1cc(NN)nc(C(C)C)n1. The van der Waals surface area contributed by atoms with Crippen LogP contribution in [-0.4, -0.2) is 47.6 Å². The van der Waals surface area contributed by atoms with Crippen molar-refractivity contribution in [3.63, 3.8) is 0 Å². The van der Waals surface area contributed by atoms with Crippen LogP contribution >= 0.6 is 0 Å². The number of hydrogen-bond donors (Lipinski definition) is 2. The van der Waals surface area contributed by atoms with Crippen LogP contribution in [0.5, 0.6) is 0 Å². The fourth-order valence-corrected chi connectivity index (χ4v) is 2.91. The summed E-state index contributed by atoms with van der Waals surface area (Å²) in [7, 11) is 2.10. The first-order chi connectivity index (χ1) is 10.0. The summed E-state index contributed by atoms with van der Waals surface area (Å²) in [5, 5.41) is 0. The summed E-state index contributed by atoms with van der Waals surface area (Å²) in [5.41, 5.74) is 2.64. The van der Waals surface area contributed by atoms with Gasteiger partial charge in [-0.25, -0.2) is 15.8 Å². The van der Waals surface area contributed by atoms with Crippen LogP contribution in [0.4, 0.5) is 11.6 Å². The van der Waals surface area contributed by atoms with Gasteiger partial charge in [-0.1, -0.05) is 20.8 Å². The van der Waals surface area contributed by atoms with Gasteiger partial charge in [-0.15, -0.1) is 0 Å². The number of nitrogens with zero attached hydrogens (tertiary/aromatic N) is 4. The molecule has 0 spiro atoms. The number of likely N-dealkylation sites (tertiary alicyclic amines) is 1. The smallest absolute Gasteiger partial charge is 0.145 e. The van der Waals surface area contributed by atoms with Crippen LogP contribution in [0.2, 0.25) is 0 Å². The summed E-state index contributed by atoms with van der Waals surface area (Å²) >= 11 is 0. The van der Waals surface area contributed by atoms with E-state index in [1.807, 2.05) is 6.07 Å². The number of likely N-dealkylation sites (N-methyl/N-ethyl adjacent to an activating group) is 2. The van der Waals surface area contributed by atoms with Crippen molar-refractivity contribution in [2.24, 2.45) is 5.84 Å². The Kier molecular flexibility index (Phi) is 5.36. The van der Waals surface area contributed by atoms with Crippen LogP contribution in [0, 0.1) is 0 Å². The Balaban J connectivity index is 2.14. The Morgan fingerprint density at radius 1 is 1.48 bits per heavy atom. The Bertz CT molecular complexity index is 461. The van der Waals surface area contributed by atoms with Crippen LogP contribution in [0.1, 0.15) is 45.4 Å². The first-order valence-electron chi connectivity index (χ1n) is 7.86. The van der Waals surface area contributed by atoms with Crippen molar-refractivity contribution in [1.29, 1.82) is 0 Å². The highest BCUT2D eigenvalue weighted by molar-refractivity contribution is 5.48. The minimum absolute atomic E-state index is 0.282. The van der Waals surface area contributed by atoms with Gasteiger partial charge in [0.15, 0.2) is 0 Å². The van der Waals surface area contributed by atoms with Gasteiger partial charge in [0.2, 0.25) is 0 Å². The van der Waals surface area contributed by atoms with E-state index in [-0.39, 0.29) is 5.92 Å². The second-order valence-corrected chi connectivity index (χ2v) is 6.07. The first kappa shape index (κ1) is 16.0. The van der Waals surface area contributed by atoms with Gasteiger partial charge in [0.25, 0.3) is 0 Å². The molecule has 118 valence electrons. The van der Waals surface area contributed by atoms with Gasteiger partial charge in [0.05, 0.1) is 0 Å². The Morgan fingerprint density at radius 3 is 2.86 bits per heavy atom. The second-order valence-electron chi connectivity index (χ2n) is 6.07. The molecular formula is C15H28N6. The molecule has 1 saturated heterocycles. The molecule has 2 heterocycles. The standard InChI is InChI=1S/C15H28N6/c1-5-21-8-6-7-12(21)10-20(4)14-9-13(19-16)17-15(18-14)11(2)3/h9,11-12H,5-8,10,16H2,1-4H3,(H,17,18,19). The van der Waals surface area contributed by atoms with E-state index < -0.39 is 0 Å². The molecule has 0 radical (unpaired) electrons. The van der Waals surface area contributed by atoms with Gasteiger partial charge >= 0.3 is 0 Å². The van der Waals surface area contributed by atoms with E-state index >= 15 is 0 Å². The van der Waals surface area contributed by atoms with Gasteiger partial charge < -0.3 is 10.3 Å². The molecule has 6 nitrogen and oxygen atoms in total. The largest absolute Gasteiger partial charge is 0.358 e. The molecule has 1 fully saturated rings. The average molecular weight is 292 g/mol. The van der Waals surface area contributed by atoms with Crippen molar-refractivity contribution in [3.05, 3.63) is 11.9 Å². The molecule has 0 bridgehead atoms. The van der Waals surface area contributed by atoms with Crippen molar-refractivity contribution in [2.45, 2.75) is 45.6 Å². The summed E-state index contributed by atoms with van der Waals surface area (Å²) in [6.07, 6.45) is 2.56. The second kappa shape index (κ2) is 7.04. The molecule has 6 heteroatoms. The van der Waals surface area contributed by atoms with Crippen molar-refractivity contribution >= 4 is 11.6 Å². The van der Waals surface area contributed by atoms with Gasteiger partial charge in [-0.2, -0.15) is 0 Å². The van der Waals surface area contributed by atoms with Gasteiger partial charge in [0, 0.05) is 31.6 Å². The predicted molar refractivity (Wildman–Crippen MR) is 87.5 cm³/mol. The van der Waals surface area contributed by atoms with E-state index in [2.05, 4.69) is 53.0 Å². The quantitative estimate of drug-likeness (QED) is 0.615. The molecule has 1 unspecified atom stereocenters. The van der Waals surface area contributed by atoms with Gasteiger partial charge in [-0.3, -0.25) is 4.90 Å². The van der Waals surface area contributed by atoms with E-state index in [9.17, 15) is 0 Å². The number of nitrogens with one attached hydrogen (secondary N) is 1. The molecule has 1 atom stereocenters. The van der Waals surface area contributed by atoms with Crippen LogP contribution in [0.15, 0.2) is 6.07 Å². The molecule has 21 heavy (non-hydrogen) atoms. The minimum atomic E-state index is 0.282. The fraction of sp³-hybridized carbons (Fsp3) is 0.733. The van der Waals surface area contributed by atoms with E-state index in [4.69, 9.17) is 5.84 Å². The van der Waals surface area contributed by atoms with E-state index in [1.54, 1.807) is 0 Å². The molecule has 0 aliphatic carbocycles. The highest BCUT2D eigenvalue weighted by Gasteiger charge is 2.24. The lowest BCUT2D eigenvalue weighted by molar-refractivity contribution is 0.270. The number of rotatable bonds is 6. The summed E-state index contributed by atoms with van der Waals surface area (Å²) in [6, 6.07) is 2.53. The molecule has 1 aliphatic heterocycles. The lowest BCUT2D eigenvalue weighted by Crippen LogP contribution is -2.39. The molecule has 2 rings (SSSR count). The van der Waals surface area contributed by atoms with Gasteiger partial charge in [-0.05, 0) is 25.9 Å². The Morgan fingerprint density at radius 2 is 2.24 bits per heavy atom. The molecule has 1 aromatic heterocycles. The average Bonchev–Trinajstić information content (AvgIpc) is 2.93. The molecular weight excluding hydrogens is 264 g/mol. The highest BCUT2D eigenvalue weighted by Crippen LogP contribution is 2.22. The maximum Gasteiger partial charge on any atom is 0.145 e. The topological polar surface area (TPSA) is 70.3 Å². The number of nitrogens with two attached hydrogens (primary N) is 1. The van der Waals surface area contributed by atoms with Crippen LogP contribution in [-0.2, 0) is 0 Å². The zero-order valence-electron chi connectivity index (χ0n) is 13.6. The predicted octanol–water partition coefficient (Wildman–Crippen LogP) is 1.81. The Labute approximate surface area is 127 Å². The summed E-state index contributed by atoms with van der Waals surface area (Å²) in [4.78, 5) is 13.8. The lowest BCUT2D eigenvalue weighted by Gasteiger charge is -2.28. The van der Waals surface area contributed by atoms with E-state index in [0.717, 1.165) is 24.7 Å². The molecule has 0 saturated carbocycles. The van der Waals surface area contributed by atoms with E-state index in [1.165, 1.54) is 19.4 Å². The minimum Gasteiger partial charge on any atom is -0.358 e. The van der Waals surface area contributed by atoms with Crippen LogP contribution < -0.4 is 16.2 Å². The van der Waals surface area contributed by atoms with Crippen molar-refractivity contribution < 1.29 is 0 Å². The highest BCUT2D eigenvalue weighted by atomic mass is 15.3. The number of hydrazine groups is 1. The fourth-order valence-electron chi connectivity index (χ4n) is 2.91. The van der Waals surface area contributed by atoms with Crippen LogP contribution in [0.25, 0.3) is 0 Å². The van der Waals surface area contributed by atoms with Crippen molar-refractivity contribution in [1.82, 2.24) is 14.9 Å². The lowest BCUT2D eigenvalue weighted by atomic mass is 10.2. The maximum atomic E-state index is 5.53. The molecule has 1 aromatic rings. The number of anilines is 2. The summed E-state index contributed by atoms with van der Waals surface area (Å²) in [6.45, 7) is 9.74. The van der Waals surface area contributed by atoms with Gasteiger partial charge in [0.1, 0.15) is 17.5 Å². The number of nitrogen functional groups attached to an aromatic ring is 1. The monoisotopic (exact) mass is 292 g/mol. The molecule has 3 N–H and O–H groups in total. The zero-order chi connectivity index (χ0) is 15.4. The molecule has 0 aromatic carbocycles. The zero-order valence-corrected chi connectivity index (χ0v) is 13.6. The third-order valence-corrected chi connectivity index (χ3v) is 4.18. The first-order valence-corrected chi connectivity index (χ1v) is 7.86. The Hall–Kier alpha value is -1.40. The summed E-state index contributed by atoms with van der Waals surface area (Å²) < 4.78 is 0. The van der Waals surface area contributed by atoms with Crippen molar-refractivity contribution in [3.8, 4) is 0 Å². The van der Waals surface area contributed by atoms with E-state index in [0.29, 0.717) is 11.9 Å².